The van der Waals surface area contributed by atoms with Crippen molar-refractivity contribution in [3.63, 3.8) is 0 Å². The lowest BCUT2D eigenvalue weighted by Gasteiger charge is -2.20. The van der Waals surface area contributed by atoms with Crippen molar-refractivity contribution in [2.75, 3.05) is 0 Å². The summed E-state index contributed by atoms with van der Waals surface area (Å²) < 4.78 is 27.7. The van der Waals surface area contributed by atoms with E-state index in [4.69, 9.17) is 5.84 Å². The predicted molar refractivity (Wildman–Crippen MR) is 71.4 cm³/mol. The molecule has 0 spiro atoms. The topological polar surface area (TPSA) is 38.0 Å². The number of nitrogens with one attached hydrogen (secondary N) is 1. The molecule has 2 rings (SSSR count). The normalized spacial score (nSPS) is 12.5. The van der Waals surface area contributed by atoms with Crippen LogP contribution >= 0.6 is 0 Å². The van der Waals surface area contributed by atoms with Gasteiger partial charge in [0.15, 0.2) is 0 Å². The molecular weight excluding hydrogens is 246 g/mol. The van der Waals surface area contributed by atoms with E-state index in [1.165, 1.54) is 18.2 Å². The number of hydrogen-bond acceptors (Lipinski definition) is 2. The molecule has 2 aromatic carbocycles. The van der Waals surface area contributed by atoms with Crippen molar-refractivity contribution in [3.05, 3.63) is 70.3 Å². The summed E-state index contributed by atoms with van der Waals surface area (Å²) in [5.41, 5.74) is 5.16. The van der Waals surface area contributed by atoms with Crippen LogP contribution in [0, 0.1) is 25.5 Å². The highest BCUT2D eigenvalue weighted by Gasteiger charge is 2.22. The molecule has 1 unspecified atom stereocenters. The Morgan fingerprint density at radius 3 is 2.26 bits per heavy atom. The van der Waals surface area contributed by atoms with Crippen molar-refractivity contribution >= 4 is 0 Å². The molecule has 100 valence electrons. The third-order valence-electron chi connectivity index (χ3n) is 3.20. The maximum absolute atomic E-state index is 13.9. The maximum Gasteiger partial charge on any atom is 0.131 e. The third kappa shape index (κ3) is 2.64. The van der Waals surface area contributed by atoms with Gasteiger partial charge in [0.1, 0.15) is 11.6 Å². The summed E-state index contributed by atoms with van der Waals surface area (Å²) >= 11 is 0. The molecule has 19 heavy (non-hydrogen) atoms. The number of hydrazine groups is 1. The standard InChI is InChI=1S/C15H16F2N2/c1-9-6-7-10(2)11(8-9)15(19-18)14-12(16)4-3-5-13(14)17/h3-8,15,19H,18H2,1-2H3. The zero-order chi connectivity index (χ0) is 14.0. The average Bonchev–Trinajstić information content (AvgIpc) is 2.37. The molecule has 3 N–H and O–H groups in total. The molecule has 0 aliphatic heterocycles. The van der Waals surface area contributed by atoms with E-state index in [1.54, 1.807) is 0 Å². The SMILES string of the molecule is Cc1ccc(C)c(C(NN)c2c(F)cccc2F)c1. The smallest absolute Gasteiger partial charge is 0.131 e. The van der Waals surface area contributed by atoms with Gasteiger partial charge in [0.2, 0.25) is 0 Å². The van der Waals surface area contributed by atoms with Crippen LogP contribution in [0.25, 0.3) is 0 Å². The molecule has 0 bridgehead atoms. The lowest BCUT2D eigenvalue weighted by Crippen LogP contribution is -2.31. The van der Waals surface area contributed by atoms with Crippen molar-refractivity contribution in [3.8, 4) is 0 Å². The molecule has 0 fully saturated rings. The van der Waals surface area contributed by atoms with E-state index in [1.807, 2.05) is 32.0 Å². The molecule has 0 aliphatic rings. The summed E-state index contributed by atoms with van der Waals surface area (Å²) in [7, 11) is 0. The van der Waals surface area contributed by atoms with Gasteiger partial charge < -0.3 is 0 Å². The molecular formula is C15H16F2N2. The van der Waals surface area contributed by atoms with Gasteiger partial charge in [-0.3, -0.25) is 5.84 Å². The summed E-state index contributed by atoms with van der Waals surface area (Å²) in [6.45, 7) is 3.81. The van der Waals surface area contributed by atoms with Crippen LogP contribution in [-0.4, -0.2) is 0 Å². The van der Waals surface area contributed by atoms with E-state index in [0.29, 0.717) is 0 Å². The Morgan fingerprint density at radius 1 is 1.05 bits per heavy atom. The van der Waals surface area contributed by atoms with Gasteiger partial charge in [-0.05, 0) is 37.1 Å². The second-order valence-electron chi connectivity index (χ2n) is 4.60. The van der Waals surface area contributed by atoms with Gasteiger partial charge in [-0.2, -0.15) is 0 Å². The fourth-order valence-corrected chi connectivity index (χ4v) is 2.19. The minimum absolute atomic E-state index is 0.0568. The van der Waals surface area contributed by atoms with Crippen molar-refractivity contribution in [1.82, 2.24) is 5.43 Å². The first-order chi connectivity index (χ1) is 9.04. The number of hydrogen-bond donors (Lipinski definition) is 2. The highest BCUT2D eigenvalue weighted by molar-refractivity contribution is 5.40. The molecule has 4 heteroatoms. The Labute approximate surface area is 111 Å². The van der Waals surface area contributed by atoms with Crippen molar-refractivity contribution < 1.29 is 8.78 Å². The molecule has 0 amide bonds. The highest BCUT2D eigenvalue weighted by Crippen LogP contribution is 2.28. The molecule has 2 nitrogen and oxygen atoms in total. The van der Waals surface area contributed by atoms with Crippen molar-refractivity contribution in [2.45, 2.75) is 19.9 Å². The zero-order valence-corrected chi connectivity index (χ0v) is 10.9. The fourth-order valence-electron chi connectivity index (χ4n) is 2.19. The fraction of sp³-hybridized carbons (Fsp3) is 0.200. The maximum atomic E-state index is 13.9. The zero-order valence-electron chi connectivity index (χ0n) is 10.9. The summed E-state index contributed by atoms with van der Waals surface area (Å²) in [6.07, 6.45) is 0. The van der Waals surface area contributed by atoms with Gasteiger partial charge in [0, 0.05) is 5.56 Å². The molecule has 1 atom stereocenters. The van der Waals surface area contributed by atoms with Gasteiger partial charge in [0.25, 0.3) is 0 Å². The molecule has 0 heterocycles. The largest absolute Gasteiger partial charge is 0.271 e. The first-order valence-electron chi connectivity index (χ1n) is 6.01. The minimum Gasteiger partial charge on any atom is -0.271 e. The van der Waals surface area contributed by atoms with Crippen LogP contribution in [0.4, 0.5) is 8.78 Å². The summed E-state index contributed by atoms with van der Waals surface area (Å²) in [5, 5.41) is 0. The van der Waals surface area contributed by atoms with E-state index >= 15 is 0 Å². The quantitative estimate of drug-likeness (QED) is 0.658. The predicted octanol–water partition coefficient (Wildman–Crippen LogP) is 3.13. The second kappa shape index (κ2) is 5.47. The average molecular weight is 262 g/mol. The highest BCUT2D eigenvalue weighted by atomic mass is 19.1. The number of benzene rings is 2. The number of aryl methyl sites for hydroxylation is 2. The molecule has 0 radical (unpaired) electrons. The molecule has 2 aromatic rings. The van der Waals surface area contributed by atoms with Crippen molar-refractivity contribution in [2.24, 2.45) is 5.84 Å². The van der Waals surface area contributed by atoms with Gasteiger partial charge in [-0.25, -0.2) is 14.2 Å². The second-order valence-corrected chi connectivity index (χ2v) is 4.60. The molecule has 0 aliphatic carbocycles. The first-order valence-corrected chi connectivity index (χ1v) is 6.01. The van der Waals surface area contributed by atoms with E-state index < -0.39 is 17.7 Å². The number of halogens is 2. The lowest BCUT2D eigenvalue weighted by molar-refractivity contribution is 0.509. The Morgan fingerprint density at radius 2 is 1.68 bits per heavy atom. The lowest BCUT2D eigenvalue weighted by atomic mass is 9.93. The molecule has 0 saturated heterocycles. The van der Waals surface area contributed by atoms with Gasteiger partial charge in [0.05, 0.1) is 6.04 Å². The van der Waals surface area contributed by atoms with Crippen LogP contribution in [0.2, 0.25) is 0 Å². The van der Waals surface area contributed by atoms with Crippen molar-refractivity contribution in [1.29, 1.82) is 0 Å². The Hall–Kier alpha value is -1.78. The van der Waals surface area contributed by atoms with E-state index in [2.05, 4.69) is 5.43 Å². The number of rotatable bonds is 3. The van der Waals surface area contributed by atoms with E-state index in [0.717, 1.165) is 16.7 Å². The first kappa shape index (κ1) is 13.6. The van der Waals surface area contributed by atoms with Gasteiger partial charge >= 0.3 is 0 Å². The van der Waals surface area contributed by atoms with Gasteiger partial charge in [-0.1, -0.05) is 29.8 Å². The van der Waals surface area contributed by atoms with Crippen LogP contribution in [0.1, 0.15) is 28.3 Å². The molecule has 0 saturated carbocycles. The summed E-state index contributed by atoms with van der Waals surface area (Å²) in [5.74, 6) is 4.30. The summed E-state index contributed by atoms with van der Waals surface area (Å²) in [6, 6.07) is 8.83. The van der Waals surface area contributed by atoms with Crippen LogP contribution in [0.3, 0.4) is 0 Å². The van der Waals surface area contributed by atoms with E-state index in [-0.39, 0.29) is 5.56 Å². The van der Waals surface area contributed by atoms with Crippen LogP contribution in [-0.2, 0) is 0 Å². The number of nitrogens with two attached hydrogens (primary N) is 1. The van der Waals surface area contributed by atoms with E-state index in [9.17, 15) is 8.78 Å². The molecule has 0 aromatic heterocycles. The monoisotopic (exact) mass is 262 g/mol. The third-order valence-corrected chi connectivity index (χ3v) is 3.20. The Bertz CT molecular complexity index is 576. The van der Waals surface area contributed by atoms with Crippen LogP contribution in [0.5, 0.6) is 0 Å². The Kier molecular flexibility index (Phi) is 3.93. The van der Waals surface area contributed by atoms with Crippen LogP contribution in [0.15, 0.2) is 36.4 Å². The van der Waals surface area contributed by atoms with Crippen LogP contribution < -0.4 is 11.3 Å². The Balaban J connectivity index is 2.59. The summed E-state index contributed by atoms with van der Waals surface area (Å²) in [4.78, 5) is 0. The van der Waals surface area contributed by atoms with Gasteiger partial charge in [-0.15, -0.1) is 0 Å². The minimum atomic E-state index is -0.707.